The molecule has 6 aliphatic heterocycles. The van der Waals surface area contributed by atoms with Crippen molar-refractivity contribution in [2.24, 2.45) is 11.5 Å². The van der Waals surface area contributed by atoms with E-state index in [1.807, 2.05) is 52.0 Å². The van der Waals surface area contributed by atoms with Gasteiger partial charge in [0.05, 0.1) is 67.5 Å². The van der Waals surface area contributed by atoms with Gasteiger partial charge >= 0.3 is 5.97 Å². The number of nitrogens with zero attached hydrogens (tertiary/aromatic N) is 6. The molecule has 8 aromatic carbocycles. The van der Waals surface area contributed by atoms with Gasteiger partial charge in [-0.05, 0) is 191 Å². The fourth-order valence-electron chi connectivity index (χ4n) is 16.5. The number of aromatic carboxylic acids is 1. The summed E-state index contributed by atoms with van der Waals surface area (Å²) in [6.07, 6.45) is 3.61. The van der Waals surface area contributed by atoms with Gasteiger partial charge in [-0.1, -0.05) is 91.0 Å². The average molecular weight is 1840 g/mol. The molecule has 678 valence electrons. The van der Waals surface area contributed by atoms with Crippen molar-refractivity contribution in [3.8, 4) is 34.4 Å². The maximum atomic E-state index is 15.0. The van der Waals surface area contributed by atoms with Crippen molar-refractivity contribution in [1.29, 1.82) is 10.5 Å². The summed E-state index contributed by atoms with van der Waals surface area (Å²) in [5.74, 6) is -7.42. The molecular weight excluding hydrogens is 1730 g/mol. The van der Waals surface area contributed by atoms with Crippen LogP contribution in [0.25, 0.3) is 33.0 Å². The molecule has 6 aliphatic rings. The van der Waals surface area contributed by atoms with E-state index < -0.39 is 58.3 Å². The largest absolute Gasteiger partial charge is 0.478 e. The van der Waals surface area contributed by atoms with E-state index in [2.05, 4.69) is 121 Å². The predicted octanol–water partition coefficient (Wildman–Crippen LogP) is 14.4. The van der Waals surface area contributed by atoms with Crippen LogP contribution in [0.3, 0.4) is 0 Å². The van der Waals surface area contributed by atoms with Crippen LogP contribution in [0.2, 0.25) is 0 Å². The van der Waals surface area contributed by atoms with Crippen molar-refractivity contribution in [3.63, 3.8) is 0 Å². The Bertz CT molecular complexity index is 5460. The molecule has 1 aromatic heterocycles. The number of nitrogens with two attached hydrogens (primary N) is 2. The summed E-state index contributed by atoms with van der Waals surface area (Å²) < 4.78 is 89.3. The van der Waals surface area contributed by atoms with Crippen molar-refractivity contribution in [1.82, 2.24) is 30.7 Å². The monoisotopic (exact) mass is 1840 g/mol. The molecule has 0 saturated carbocycles. The number of H-pyrrole nitrogens is 1. The fourth-order valence-corrected chi connectivity index (χ4v) is 16.5. The number of aromatic amines is 1. The number of ether oxygens (including phenoxy) is 4. The van der Waals surface area contributed by atoms with Crippen LogP contribution in [0.4, 0.5) is 33.3 Å². The van der Waals surface area contributed by atoms with Crippen molar-refractivity contribution in [3.05, 3.63) is 265 Å². The van der Waals surface area contributed by atoms with Gasteiger partial charge in [0.15, 0.2) is 17.4 Å². The SMILES string of the molecule is CC(=O)c1cccc(F)c1F.CC1NC(=O)C(CN)c2c(F)cccc21.CCN(c1cc(-c2ccc(CN3CCOCC3)cc2)cc(C(=O)NCC2C(=O)NC(C)c3cccc(F)c32)c1C)C1CCOCC1.CCN(c1cc(-c2ccc(CN3CCOCC3)cc2)cc(C(=O)O)c1C)C1CCOCC1.Cc1[nH]c(=O)c(C#N)c2c(F)cccc12.N#CCC(N)=O.[CH3-].[Pd]. The number of ketones is 1. The maximum absolute atomic E-state index is 15.0. The molecule has 0 spiro atoms. The van der Waals surface area contributed by atoms with E-state index in [-0.39, 0.29) is 99.5 Å². The molecule has 127 heavy (non-hydrogen) atoms. The van der Waals surface area contributed by atoms with Crippen LogP contribution in [-0.4, -0.2) is 173 Å². The molecule has 4 amide bonds. The molecule has 0 bridgehead atoms. The first-order chi connectivity index (χ1) is 60.1. The van der Waals surface area contributed by atoms with Gasteiger partial charge in [0.25, 0.3) is 11.5 Å². The van der Waals surface area contributed by atoms with E-state index in [0.717, 1.165) is 193 Å². The van der Waals surface area contributed by atoms with Crippen molar-refractivity contribution >= 4 is 57.5 Å². The smallest absolute Gasteiger partial charge is 0.336 e. The average Bonchev–Trinajstić information content (AvgIpc) is 0.783. The number of benzene rings is 8. The van der Waals surface area contributed by atoms with Gasteiger partial charge in [-0.2, -0.15) is 10.5 Å². The molecule has 4 saturated heterocycles. The first-order valence-electron chi connectivity index (χ1n) is 42.1. The number of hydrogen-bond acceptors (Lipinski definition) is 18. The third kappa shape index (κ3) is 26.0. The molecule has 0 radical (unpaired) electrons. The maximum Gasteiger partial charge on any atom is 0.336 e. The van der Waals surface area contributed by atoms with E-state index in [0.29, 0.717) is 45.4 Å². The Morgan fingerprint density at radius 1 is 0.567 bits per heavy atom. The summed E-state index contributed by atoms with van der Waals surface area (Å²) >= 11 is 0. The number of carbonyl (C=O) groups excluding carboxylic acids is 5. The van der Waals surface area contributed by atoms with Gasteiger partial charge < -0.3 is 73.7 Å². The Morgan fingerprint density at radius 3 is 1.42 bits per heavy atom. The Balaban J connectivity index is 0.000000211. The normalized spacial score (nSPS) is 17.2. The minimum Gasteiger partial charge on any atom is -0.478 e. The summed E-state index contributed by atoms with van der Waals surface area (Å²) in [5, 5.41) is 35.7. The number of nitrogens with one attached hydrogen (secondary N) is 4. The number of carboxylic acids is 1. The van der Waals surface area contributed by atoms with Crippen molar-refractivity contribution in [2.75, 3.05) is 115 Å². The van der Waals surface area contributed by atoms with Crippen LogP contribution in [-0.2, 0) is 66.8 Å². The number of primary amides is 1. The zero-order chi connectivity index (χ0) is 90.1. The number of anilines is 2. The Kier molecular flexibility index (Phi) is 38.6. The fraction of sp³-hybridized carbons (Fsp3) is 0.381. The van der Waals surface area contributed by atoms with Crippen LogP contribution < -0.4 is 42.8 Å². The number of pyridine rings is 1. The number of nitriles is 2. The quantitative estimate of drug-likeness (QED) is 0.0171. The van der Waals surface area contributed by atoms with Gasteiger partial charge in [-0.25, -0.2) is 26.7 Å². The minimum absolute atomic E-state index is 0. The number of amides is 4. The van der Waals surface area contributed by atoms with Gasteiger partial charge in [-0.15, -0.1) is 0 Å². The molecule has 4 unspecified atom stereocenters. The molecule has 9 N–H and O–H groups in total. The summed E-state index contributed by atoms with van der Waals surface area (Å²) in [6.45, 7) is 28.2. The Labute approximate surface area is 752 Å². The molecule has 24 nitrogen and oxygen atoms in total. The molecule has 9 aromatic rings. The molecular formula is C97H112F5N12O12Pd-. The second kappa shape index (κ2) is 48.5. The standard InChI is InChI=1S/C37H45FN4O4.C26H34N2O4.C11H13FN2O.C11H7FN2O.C8H6F2O.C3H4N2O.CH3.Pd/c1-4-42(29-12-16-45-17-13-29)34-21-28(27-10-8-26(9-11-27)23-41-14-18-46-19-15-41)20-31(24(34)2)36(43)39-22-32-35-30(6-5-7-33(35)38)25(3)40-37(32)44;1-3-28(23-8-12-31-13-9-23)25-17-22(16-24(19(25)2)26(29)30)21-6-4-20(5-7-21)18-27-10-14-32-15-11-27;2*1-6-7-3-2-4-9(12)10(7)8(5-13)11(15)14-6;1-5(11)6-3-2-4-7(9)8(6)10;4-2-1-3(5)6;;/h5-11,20-21,25,29,32H,4,12-19,22-23H2,1-3H3,(H,39,43)(H,40,44);4-7,16-17,23H,3,8-15,18H2,1-2H3,(H,29,30);2-4,6,8H,5,13H2,1H3,(H,14,15);2-4H,1H3,(H,14,15);2-4H,1H3;1H2,(H2,5,6);1H3;/q;;;;;;-1;. The number of carboxylic acid groups (broad SMARTS) is 1. The zero-order valence-corrected chi connectivity index (χ0v) is 74.6. The number of rotatable bonds is 19. The Morgan fingerprint density at radius 2 is 0.992 bits per heavy atom. The van der Waals surface area contributed by atoms with Gasteiger partial charge in [-0.3, -0.25) is 38.6 Å². The molecule has 15 rings (SSSR count). The Hall–Kier alpha value is -11.4. The molecule has 30 heteroatoms. The first-order valence-corrected chi connectivity index (χ1v) is 42.1. The molecule has 0 aliphatic carbocycles. The molecule has 4 atom stereocenters. The number of carbonyl (C=O) groups is 6. The molecule has 4 fully saturated rings. The number of halogens is 5. The van der Waals surface area contributed by atoms with Crippen LogP contribution in [0.5, 0.6) is 0 Å². The van der Waals surface area contributed by atoms with Gasteiger partial charge in [0, 0.05) is 169 Å². The number of morpholine rings is 2. The summed E-state index contributed by atoms with van der Waals surface area (Å²) in [7, 11) is 0. The van der Waals surface area contributed by atoms with E-state index in [1.54, 1.807) is 43.3 Å². The van der Waals surface area contributed by atoms with Crippen LogP contribution in [0.15, 0.2) is 150 Å². The number of fused-ring (bicyclic) bond motifs is 3. The summed E-state index contributed by atoms with van der Waals surface area (Å²) in [5.41, 5.74) is 23.2. The first kappa shape index (κ1) is 101. The molecule has 7 heterocycles. The minimum atomic E-state index is -1.07. The van der Waals surface area contributed by atoms with Gasteiger partial charge in [0.2, 0.25) is 17.7 Å². The second-order valence-corrected chi connectivity index (χ2v) is 31.3. The topological polar surface area (TPSA) is 341 Å². The summed E-state index contributed by atoms with van der Waals surface area (Å²) in [6, 6.07) is 46.5. The van der Waals surface area contributed by atoms with Crippen molar-refractivity contribution in [2.45, 2.75) is 137 Å². The van der Waals surface area contributed by atoms with Crippen LogP contribution in [0.1, 0.15) is 177 Å². The van der Waals surface area contributed by atoms with Gasteiger partial charge in [0.1, 0.15) is 35.5 Å². The number of Topliss-reactive ketones (excluding diaryl/α,β-unsaturated/α-hetero) is 1. The number of aryl methyl sites for hydroxylation is 1. The predicted molar refractivity (Wildman–Crippen MR) is 475 cm³/mol. The number of hydrogen-bond donors (Lipinski definition) is 7. The van der Waals surface area contributed by atoms with Crippen LogP contribution >= 0.6 is 0 Å². The second-order valence-electron chi connectivity index (χ2n) is 31.3. The van der Waals surface area contributed by atoms with E-state index in [4.69, 9.17) is 35.2 Å². The van der Waals surface area contributed by atoms with E-state index in [1.165, 1.54) is 48.4 Å². The third-order valence-corrected chi connectivity index (χ3v) is 23.1. The summed E-state index contributed by atoms with van der Waals surface area (Å²) in [4.78, 5) is 94.3. The number of aromatic nitrogens is 1. The third-order valence-electron chi connectivity index (χ3n) is 23.1. The van der Waals surface area contributed by atoms with E-state index >= 15 is 4.39 Å². The van der Waals surface area contributed by atoms with E-state index in [9.17, 15) is 56.2 Å². The van der Waals surface area contributed by atoms with Crippen LogP contribution in [0, 0.1) is 79.9 Å². The van der Waals surface area contributed by atoms with Crippen molar-refractivity contribution < 1.29 is 95.2 Å². The zero-order valence-electron chi connectivity index (χ0n) is 73.1.